The molecule has 0 N–H and O–H groups in total. The molecular weight excluding hydrogens is 230 g/mol. The Kier molecular flexibility index (Phi) is 2.57. The van der Waals surface area contributed by atoms with E-state index in [1.807, 2.05) is 23.6 Å². The van der Waals surface area contributed by atoms with Gasteiger partial charge in [0, 0.05) is 10.8 Å². The van der Waals surface area contributed by atoms with Gasteiger partial charge < -0.3 is 0 Å². The van der Waals surface area contributed by atoms with Gasteiger partial charge >= 0.3 is 0 Å². The molecular formula is C13H11N3S. The van der Waals surface area contributed by atoms with Crippen LogP contribution in [0.2, 0.25) is 0 Å². The van der Waals surface area contributed by atoms with Crippen LogP contribution in [0, 0.1) is 0 Å². The number of para-hydroxylation sites is 1. The molecule has 0 aliphatic heterocycles. The van der Waals surface area contributed by atoms with Crippen molar-refractivity contribution in [1.29, 1.82) is 0 Å². The quantitative estimate of drug-likeness (QED) is 0.691. The Morgan fingerprint density at radius 1 is 1.18 bits per heavy atom. The van der Waals surface area contributed by atoms with E-state index in [4.69, 9.17) is 0 Å². The highest BCUT2D eigenvalue weighted by Crippen LogP contribution is 2.21. The van der Waals surface area contributed by atoms with Gasteiger partial charge in [0.1, 0.15) is 5.69 Å². The fourth-order valence-electron chi connectivity index (χ4n) is 1.85. The number of aromatic nitrogens is 3. The number of hydrogen-bond acceptors (Lipinski definition) is 4. The highest BCUT2D eigenvalue weighted by atomic mass is 32.1. The maximum absolute atomic E-state index is 4.59. The molecule has 4 heteroatoms. The van der Waals surface area contributed by atoms with E-state index < -0.39 is 0 Å². The van der Waals surface area contributed by atoms with Crippen molar-refractivity contribution in [2.45, 2.75) is 13.3 Å². The molecule has 0 spiro atoms. The van der Waals surface area contributed by atoms with E-state index in [0.717, 1.165) is 34.5 Å². The number of hydrogen-bond donors (Lipinski definition) is 0. The molecule has 84 valence electrons. The van der Waals surface area contributed by atoms with Crippen molar-refractivity contribution in [2.24, 2.45) is 0 Å². The molecule has 0 amide bonds. The van der Waals surface area contributed by atoms with E-state index in [1.54, 1.807) is 16.8 Å². The van der Waals surface area contributed by atoms with Crippen LogP contribution in [0.5, 0.6) is 0 Å². The summed E-state index contributed by atoms with van der Waals surface area (Å²) in [6.07, 6.45) is 0.903. The normalized spacial score (nSPS) is 10.9. The van der Waals surface area contributed by atoms with Crippen molar-refractivity contribution in [1.82, 2.24) is 15.0 Å². The molecule has 3 nitrogen and oxygen atoms in total. The minimum absolute atomic E-state index is 0.724. The SMILES string of the molecule is CCc1nc(-c2cscn2)nc2ccccc12. The maximum Gasteiger partial charge on any atom is 0.179 e. The lowest BCUT2D eigenvalue weighted by Gasteiger charge is -2.05. The summed E-state index contributed by atoms with van der Waals surface area (Å²) >= 11 is 1.56. The van der Waals surface area contributed by atoms with Crippen molar-refractivity contribution in [3.8, 4) is 11.5 Å². The smallest absolute Gasteiger partial charge is 0.179 e. The van der Waals surface area contributed by atoms with Gasteiger partial charge in [0.25, 0.3) is 0 Å². The fraction of sp³-hybridized carbons (Fsp3) is 0.154. The second kappa shape index (κ2) is 4.22. The van der Waals surface area contributed by atoms with E-state index >= 15 is 0 Å². The van der Waals surface area contributed by atoms with Crippen LogP contribution in [0.25, 0.3) is 22.4 Å². The molecule has 3 rings (SSSR count). The Hall–Kier alpha value is -1.81. The summed E-state index contributed by atoms with van der Waals surface area (Å²) in [6, 6.07) is 8.11. The summed E-state index contributed by atoms with van der Waals surface area (Å²) in [5.74, 6) is 0.724. The van der Waals surface area contributed by atoms with Gasteiger partial charge in [0.05, 0.1) is 16.7 Å². The average molecular weight is 241 g/mol. The van der Waals surface area contributed by atoms with Gasteiger partial charge in [-0.05, 0) is 12.5 Å². The Bertz CT molecular complexity index is 647. The maximum atomic E-state index is 4.59. The molecule has 0 radical (unpaired) electrons. The Morgan fingerprint density at radius 2 is 2.06 bits per heavy atom. The summed E-state index contributed by atoms with van der Waals surface area (Å²) in [6.45, 7) is 2.11. The molecule has 0 aliphatic carbocycles. The van der Waals surface area contributed by atoms with Crippen LogP contribution >= 0.6 is 11.3 Å². The van der Waals surface area contributed by atoms with Gasteiger partial charge in [-0.15, -0.1) is 11.3 Å². The Balaban J connectivity index is 2.28. The van der Waals surface area contributed by atoms with Crippen molar-refractivity contribution in [3.05, 3.63) is 40.8 Å². The molecule has 0 saturated heterocycles. The van der Waals surface area contributed by atoms with Gasteiger partial charge in [-0.2, -0.15) is 0 Å². The van der Waals surface area contributed by atoms with Gasteiger partial charge in [0.15, 0.2) is 5.82 Å². The lowest BCUT2D eigenvalue weighted by Crippen LogP contribution is -1.96. The lowest BCUT2D eigenvalue weighted by atomic mass is 10.1. The lowest BCUT2D eigenvalue weighted by molar-refractivity contribution is 1.03. The minimum atomic E-state index is 0.724. The van der Waals surface area contributed by atoms with E-state index in [2.05, 4.69) is 27.9 Å². The zero-order chi connectivity index (χ0) is 11.7. The van der Waals surface area contributed by atoms with Crippen LogP contribution in [0.3, 0.4) is 0 Å². The van der Waals surface area contributed by atoms with Crippen LogP contribution in [-0.4, -0.2) is 15.0 Å². The van der Waals surface area contributed by atoms with E-state index in [0.29, 0.717) is 0 Å². The second-order valence-corrected chi connectivity index (χ2v) is 4.46. The minimum Gasteiger partial charge on any atom is -0.241 e. The molecule has 0 atom stereocenters. The average Bonchev–Trinajstić information content (AvgIpc) is 2.91. The standard InChI is InChI=1S/C13H11N3S/c1-2-10-9-5-3-4-6-11(9)16-13(15-10)12-7-17-8-14-12/h3-8H,2H2,1H3. The molecule has 0 aliphatic rings. The third kappa shape index (κ3) is 1.80. The number of aryl methyl sites for hydroxylation is 1. The molecule has 0 bridgehead atoms. The third-order valence-electron chi connectivity index (χ3n) is 2.68. The van der Waals surface area contributed by atoms with Gasteiger partial charge in [-0.3, -0.25) is 0 Å². The number of fused-ring (bicyclic) bond motifs is 1. The first kappa shape index (κ1) is 10.4. The van der Waals surface area contributed by atoms with Crippen LogP contribution < -0.4 is 0 Å². The van der Waals surface area contributed by atoms with Gasteiger partial charge in [0.2, 0.25) is 0 Å². The van der Waals surface area contributed by atoms with E-state index in [-0.39, 0.29) is 0 Å². The fourth-order valence-corrected chi connectivity index (χ4v) is 2.38. The first-order valence-electron chi connectivity index (χ1n) is 5.52. The molecule has 0 unspecified atom stereocenters. The predicted molar refractivity (Wildman–Crippen MR) is 70.0 cm³/mol. The molecule has 1 aromatic carbocycles. The highest BCUT2D eigenvalue weighted by molar-refractivity contribution is 7.07. The molecule has 0 fully saturated rings. The van der Waals surface area contributed by atoms with Crippen molar-refractivity contribution < 1.29 is 0 Å². The molecule has 3 aromatic rings. The molecule has 17 heavy (non-hydrogen) atoms. The first-order chi connectivity index (χ1) is 8.38. The van der Waals surface area contributed by atoms with Crippen molar-refractivity contribution >= 4 is 22.2 Å². The summed E-state index contributed by atoms with van der Waals surface area (Å²) in [5.41, 5.74) is 4.73. The monoisotopic (exact) mass is 241 g/mol. The van der Waals surface area contributed by atoms with Crippen molar-refractivity contribution in [3.63, 3.8) is 0 Å². The largest absolute Gasteiger partial charge is 0.241 e. The number of thiazole rings is 1. The number of benzene rings is 1. The molecule has 2 heterocycles. The topological polar surface area (TPSA) is 38.7 Å². The summed E-state index contributed by atoms with van der Waals surface area (Å²) in [5, 5.41) is 3.11. The number of rotatable bonds is 2. The van der Waals surface area contributed by atoms with Crippen molar-refractivity contribution in [2.75, 3.05) is 0 Å². The zero-order valence-corrected chi connectivity index (χ0v) is 10.2. The van der Waals surface area contributed by atoms with Crippen LogP contribution in [0.4, 0.5) is 0 Å². The van der Waals surface area contributed by atoms with Crippen LogP contribution in [-0.2, 0) is 6.42 Å². The predicted octanol–water partition coefficient (Wildman–Crippen LogP) is 3.32. The van der Waals surface area contributed by atoms with Crippen LogP contribution in [0.15, 0.2) is 35.2 Å². The highest BCUT2D eigenvalue weighted by Gasteiger charge is 2.08. The van der Waals surface area contributed by atoms with Gasteiger partial charge in [-0.1, -0.05) is 25.1 Å². The Labute approximate surface area is 103 Å². The van der Waals surface area contributed by atoms with Crippen LogP contribution in [0.1, 0.15) is 12.6 Å². The second-order valence-electron chi connectivity index (χ2n) is 3.74. The first-order valence-corrected chi connectivity index (χ1v) is 6.47. The number of nitrogens with zero attached hydrogens (tertiary/aromatic N) is 3. The summed E-state index contributed by atoms with van der Waals surface area (Å²) in [7, 11) is 0. The Morgan fingerprint density at radius 3 is 2.82 bits per heavy atom. The third-order valence-corrected chi connectivity index (χ3v) is 3.26. The van der Waals surface area contributed by atoms with Gasteiger partial charge in [-0.25, -0.2) is 15.0 Å². The summed E-state index contributed by atoms with van der Waals surface area (Å²) in [4.78, 5) is 13.4. The molecule has 2 aromatic heterocycles. The zero-order valence-electron chi connectivity index (χ0n) is 9.42. The molecule has 0 saturated carbocycles. The van der Waals surface area contributed by atoms with E-state index in [9.17, 15) is 0 Å². The van der Waals surface area contributed by atoms with E-state index in [1.165, 1.54) is 0 Å². The summed E-state index contributed by atoms with van der Waals surface area (Å²) < 4.78 is 0.